The number of aromatic nitrogens is 2. The maximum absolute atomic E-state index is 10.7. The molecule has 3 rings (SSSR count). The summed E-state index contributed by atoms with van der Waals surface area (Å²) in [7, 11) is 0. The number of nitro groups is 1. The second-order valence-electron chi connectivity index (χ2n) is 4.90. The van der Waals surface area contributed by atoms with Crippen LogP contribution in [-0.4, -0.2) is 21.4 Å². The second kappa shape index (κ2) is 5.42. The van der Waals surface area contributed by atoms with Crippen LogP contribution >= 0.6 is 0 Å². The van der Waals surface area contributed by atoms with Crippen molar-refractivity contribution < 1.29 is 6.34 Å². The number of imidazole rings is 1. The van der Waals surface area contributed by atoms with Gasteiger partial charge in [-0.2, -0.15) is 0 Å². The molecule has 6 heteroatoms. The van der Waals surface area contributed by atoms with Gasteiger partial charge in [0.15, 0.2) is 0 Å². The van der Waals surface area contributed by atoms with Gasteiger partial charge < -0.3 is 10.3 Å². The number of benzene rings is 1. The molecule has 0 radical (unpaired) electrons. The van der Waals surface area contributed by atoms with Crippen LogP contribution in [0.3, 0.4) is 0 Å². The summed E-state index contributed by atoms with van der Waals surface area (Å²) >= 11 is 0. The quantitative estimate of drug-likeness (QED) is 0.665. The summed E-state index contributed by atoms with van der Waals surface area (Å²) in [6.45, 7) is 0.762. The van der Waals surface area contributed by atoms with Crippen LogP contribution < -0.4 is 5.31 Å². The molecular formula is C14H16N4O2. The molecule has 6 nitrogen and oxygen atoms in total. The summed E-state index contributed by atoms with van der Waals surface area (Å²) in [6, 6.07) is 6.37. The molecule has 1 aromatic heterocycles. The molecule has 104 valence electrons. The molecule has 2 N–H and O–H groups in total. The van der Waals surface area contributed by atoms with E-state index in [2.05, 4.69) is 9.97 Å². The first kappa shape index (κ1) is 11.6. The molecule has 0 amide bonds. The van der Waals surface area contributed by atoms with Crippen LogP contribution in [0.1, 0.15) is 31.1 Å². The molecule has 1 aromatic carbocycles. The van der Waals surface area contributed by atoms with Crippen LogP contribution in [0.2, 0.25) is 1.41 Å². The van der Waals surface area contributed by atoms with Gasteiger partial charge >= 0.3 is 0 Å². The Morgan fingerprint density at radius 3 is 2.85 bits per heavy atom. The van der Waals surface area contributed by atoms with Crippen LogP contribution in [0, 0.1) is 10.1 Å². The number of nitrogens with one attached hydrogen (secondary N) is 2. The van der Waals surface area contributed by atoms with Gasteiger partial charge in [-0.05, 0) is 31.5 Å². The Hall–Kier alpha value is -2.21. The zero-order valence-electron chi connectivity index (χ0n) is 12.0. The Balaban J connectivity index is 1.82. The number of H-pyrrole nitrogens is 1. The predicted molar refractivity (Wildman–Crippen MR) is 75.3 cm³/mol. The van der Waals surface area contributed by atoms with E-state index in [1.165, 1.54) is 12.1 Å². The van der Waals surface area contributed by atoms with E-state index in [9.17, 15) is 10.1 Å². The molecule has 1 unspecified atom stereocenters. The Morgan fingerprint density at radius 1 is 1.35 bits per heavy atom. The van der Waals surface area contributed by atoms with Crippen LogP contribution in [0.15, 0.2) is 30.5 Å². The van der Waals surface area contributed by atoms with Gasteiger partial charge in [0.2, 0.25) is 0 Å². The number of rotatable bonds is 3. The zero-order chi connectivity index (χ0) is 14.8. The second-order valence-corrected chi connectivity index (χ2v) is 4.90. The largest absolute Gasteiger partial charge is 0.341 e. The topological polar surface area (TPSA) is 83.8 Å². The molecule has 1 aliphatic heterocycles. The highest BCUT2D eigenvalue weighted by atomic mass is 16.6. The number of aromatic amines is 1. The average Bonchev–Trinajstić information content (AvgIpc) is 2.97. The Kier molecular flexibility index (Phi) is 3.14. The maximum Gasteiger partial charge on any atom is 0.269 e. The van der Waals surface area contributed by atoms with E-state index < -0.39 is 4.92 Å². The van der Waals surface area contributed by atoms with E-state index in [0.29, 0.717) is 0 Å². The maximum atomic E-state index is 10.7. The number of hydrogen-bond donors (Lipinski definition) is 2. The SMILES string of the molecule is [2H]N1CCCCC1c1ncc(-c2ccc([N+](=O)[O-])cc2)[nH]1. The first-order valence-corrected chi connectivity index (χ1v) is 6.70. The third-order valence-corrected chi connectivity index (χ3v) is 3.54. The van der Waals surface area contributed by atoms with Gasteiger partial charge in [-0.15, -0.1) is 0 Å². The van der Waals surface area contributed by atoms with E-state index in [0.717, 1.165) is 42.9 Å². The molecule has 20 heavy (non-hydrogen) atoms. The van der Waals surface area contributed by atoms with Gasteiger partial charge in [-0.1, -0.05) is 6.42 Å². The Morgan fingerprint density at radius 2 is 2.15 bits per heavy atom. The molecule has 2 aromatic rings. The fourth-order valence-corrected chi connectivity index (χ4v) is 2.43. The fraction of sp³-hybridized carbons (Fsp3) is 0.357. The molecule has 2 heterocycles. The average molecular weight is 273 g/mol. The monoisotopic (exact) mass is 273 g/mol. The highest BCUT2D eigenvalue weighted by Crippen LogP contribution is 2.25. The smallest absolute Gasteiger partial charge is 0.269 e. The van der Waals surface area contributed by atoms with Crippen molar-refractivity contribution in [3.05, 3.63) is 46.4 Å². The van der Waals surface area contributed by atoms with Crippen molar-refractivity contribution >= 4 is 5.69 Å². The van der Waals surface area contributed by atoms with Gasteiger partial charge in [0.05, 0.1) is 22.9 Å². The van der Waals surface area contributed by atoms with E-state index in [4.69, 9.17) is 1.41 Å². The summed E-state index contributed by atoms with van der Waals surface area (Å²) in [5, 5.41) is 12.2. The summed E-state index contributed by atoms with van der Waals surface area (Å²) in [5.74, 6) is 0.790. The summed E-state index contributed by atoms with van der Waals surface area (Å²) in [5.41, 5.74) is 1.74. The van der Waals surface area contributed by atoms with Gasteiger partial charge in [0.1, 0.15) is 7.24 Å². The summed E-state index contributed by atoms with van der Waals surface area (Å²) in [6.07, 6.45) is 4.80. The highest BCUT2D eigenvalue weighted by molar-refractivity contribution is 5.60. The minimum Gasteiger partial charge on any atom is -0.341 e. The standard InChI is InChI=1S/C14H16N4O2/c19-18(20)11-6-4-10(5-7-11)13-9-16-14(17-13)12-3-1-2-8-15-12/h4-7,9,12,15H,1-3,8H2,(H,16,17)/i/hD. The van der Waals surface area contributed by atoms with E-state index >= 15 is 0 Å². The summed E-state index contributed by atoms with van der Waals surface area (Å²) < 4.78 is 7.95. The number of nitrogens with zero attached hydrogens (tertiary/aromatic N) is 2. The number of non-ortho nitro benzene ring substituents is 1. The molecule has 1 atom stereocenters. The lowest BCUT2D eigenvalue weighted by Gasteiger charge is -2.21. The highest BCUT2D eigenvalue weighted by Gasteiger charge is 2.18. The minimum absolute atomic E-state index is 0.00514. The van der Waals surface area contributed by atoms with Crippen LogP contribution in [0.25, 0.3) is 11.3 Å². The normalized spacial score (nSPS) is 20.6. The first-order valence-electron chi connectivity index (χ1n) is 7.15. The molecule has 0 saturated carbocycles. The molecule has 1 fully saturated rings. The predicted octanol–water partition coefficient (Wildman–Crippen LogP) is 2.80. The van der Waals surface area contributed by atoms with Crippen molar-refractivity contribution in [2.45, 2.75) is 25.3 Å². The van der Waals surface area contributed by atoms with Gasteiger partial charge in [-0.3, -0.25) is 10.1 Å². The fourth-order valence-electron chi connectivity index (χ4n) is 2.43. The molecular weight excluding hydrogens is 256 g/mol. The van der Waals surface area contributed by atoms with E-state index in [1.807, 2.05) is 0 Å². The van der Waals surface area contributed by atoms with Crippen molar-refractivity contribution in [3.8, 4) is 11.3 Å². The number of piperidine rings is 1. The third-order valence-electron chi connectivity index (χ3n) is 3.54. The molecule has 0 aliphatic carbocycles. The molecule has 1 saturated heterocycles. The number of nitro benzene ring substituents is 1. The Labute approximate surface area is 117 Å². The zero-order valence-corrected chi connectivity index (χ0v) is 11.0. The molecule has 0 spiro atoms. The summed E-state index contributed by atoms with van der Waals surface area (Å²) in [4.78, 5) is 17.8. The van der Waals surface area contributed by atoms with Gasteiger partial charge in [-0.25, -0.2) is 4.98 Å². The van der Waals surface area contributed by atoms with E-state index in [1.54, 1.807) is 23.6 Å². The van der Waals surface area contributed by atoms with Crippen LogP contribution in [-0.2, 0) is 0 Å². The van der Waals surface area contributed by atoms with Crippen LogP contribution in [0.5, 0.6) is 0 Å². The minimum atomic E-state index is -0.415. The van der Waals surface area contributed by atoms with Crippen molar-refractivity contribution in [1.82, 2.24) is 15.3 Å². The van der Waals surface area contributed by atoms with Crippen molar-refractivity contribution in [2.75, 3.05) is 6.54 Å². The third kappa shape index (κ3) is 2.55. The van der Waals surface area contributed by atoms with Crippen molar-refractivity contribution in [1.29, 1.82) is 0 Å². The first-order chi connectivity index (χ1) is 10.1. The molecule has 0 bridgehead atoms. The van der Waals surface area contributed by atoms with Crippen LogP contribution in [0.4, 0.5) is 5.69 Å². The van der Waals surface area contributed by atoms with Gasteiger partial charge in [0.25, 0.3) is 5.69 Å². The van der Waals surface area contributed by atoms with E-state index in [-0.39, 0.29) is 11.7 Å². The molecule has 1 aliphatic rings. The van der Waals surface area contributed by atoms with Crippen molar-refractivity contribution in [2.24, 2.45) is 0 Å². The lowest BCUT2D eigenvalue weighted by molar-refractivity contribution is -0.384. The Bertz CT molecular complexity index is 641. The lowest BCUT2D eigenvalue weighted by atomic mass is 10.0. The lowest BCUT2D eigenvalue weighted by Crippen LogP contribution is -2.27. The van der Waals surface area contributed by atoms with Crippen molar-refractivity contribution in [3.63, 3.8) is 0 Å². The van der Waals surface area contributed by atoms with Gasteiger partial charge in [0, 0.05) is 17.7 Å². The number of hydrogen-bond acceptors (Lipinski definition) is 4.